The van der Waals surface area contributed by atoms with E-state index in [9.17, 15) is 9.59 Å². The van der Waals surface area contributed by atoms with Crippen molar-refractivity contribution >= 4 is 28.8 Å². The molecule has 152 valence electrons. The molecule has 2 aromatic rings. The minimum atomic E-state index is -0.0711. The third-order valence-corrected chi connectivity index (χ3v) is 5.13. The zero-order valence-electron chi connectivity index (χ0n) is 17.3. The molecule has 1 aromatic carbocycles. The lowest BCUT2D eigenvalue weighted by atomic mass is 10.1. The normalized spacial score (nSPS) is 11.1. The summed E-state index contributed by atoms with van der Waals surface area (Å²) in [6.07, 6.45) is 0.248. The summed E-state index contributed by atoms with van der Waals surface area (Å²) in [5.74, 6) is -0.0570. The second-order valence-corrected chi connectivity index (χ2v) is 8.24. The SMILES string of the molecule is CCN(CC(=O)NC(C)C)Cc1csc(CC(=O)Nc2cc(C)ccc2C)n1. The fourth-order valence-corrected chi connectivity index (χ4v) is 3.57. The van der Waals surface area contributed by atoms with Gasteiger partial charge in [-0.15, -0.1) is 11.3 Å². The Balaban J connectivity index is 1.91. The van der Waals surface area contributed by atoms with Crippen molar-refractivity contribution in [3.05, 3.63) is 45.4 Å². The molecule has 0 radical (unpaired) electrons. The molecule has 0 spiro atoms. The summed E-state index contributed by atoms with van der Waals surface area (Å²) < 4.78 is 0. The lowest BCUT2D eigenvalue weighted by molar-refractivity contribution is -0.122. The summed E-state index contributed by atoms with van der Waals surface area (Å²) in [5, 5.41) is 8.61. The molecule has 0 saturated heterocycles. The quantitative estimate of drug-likeness (QED) is 0.675. The summed E-state index contributed by atoms with van der Waals surface area (Å²) in [5.41, 5.74) is 3.88. The number of carbonyl (C=O) groups excluding carboxylic acids is 2. The van der Waals surface area contributed by atoms with Crippen molar-refractivity contribution in [2.75, 3.05) is 18.4 Å². The number of benzene rings is 1. The first-order valence-corrected chi connectivity index (χ1v) is 10.5. The predicted octanol–water partition coefficient (Wildman–Crippen LogP) is 3.29. The van der Waals surface area contributed by atoms with Crippen molar-refractivity contribution in [2.45, 2.75) is 53.6 Å². The van der Waals surface area contributed by atoms with E-state index in [2.05, 4.69) is 15.6 Å². The molecule has 7 heteroatoms. The fraction of sp³-hybridized carbons (Fsp3) is 0.476. The molecule has 0 fully saturated rings. The Bertz CT molecular complexity index is 816. The van der Waals surface area contributed by atoms with Crippen molar-refractivity contribution in [1.29, 1.82) is 0 Å². The van der Waals surface area contributed by atoms with Crippen LogP contribution >= 0.6 is 11.3 Å². The highest BCUT2D eigenvalue weighted by molar-refractivity contribution is 7.09. The molecule has 28 heavy (non-hydrogen) atoms. The molecular weight excluding hydrogens is 372 g/mol. The number of aromatic nitrogens is 1. The number of nitrogens with one attached hydrogen (secondary N) is 2. The Hall–Kier alpha value is -2.25. The smallest absolute Gasteiger partial charge is 0.234 e. The number of aryl methyl sites for hydroxylation is 2. The number of hydrogen-bond acceptors (Lipinski definition) is 5. The zero-order valence-corrected chi connectivity index (χ0v) is 18.2. The highest BCUT2D eigenvalue weighted by Gasteiger charge is 2.14. The zero-order chi connectivity index (χ0) is 20.7. The van der Waals surface area contributed by atoms with Gasteiger partial charge in [-0.2, -0.15) is 0 Å². The van der Waals surface area contributed by atoms with Crippen LogP contribution in [0, 0.1) is 13.8 Å². The van der Waals surface area contributed by atoms with Crippen LogP contribution in [0.1, 0.15) is 42.6 Å². The van der Waals surface area contributed by atoms with Gasteiger partial charge in [0, 0.05) is 23.7 Å². The number of likely N-dealkylation sites (N-methyl/N-ethyl adjacent to an activating group) is 1. The van der Waals surface area contributed by atoms with Crippen molar-refractivity contribution in [1.82, 2.24) is 15.2 Å². The van der Waals surface area contributed by atoms with E-state index in [0.29, 0.717) is 13.1 Å². The van der Waals surface area contributed by atoms with E-state index in [1.54, 1.807) is 0 Å². The van der Waals surface area contributed by atoms with Crippen molar-refractivity contribution in [2.24, 2.45) is 0 Å². The van der Waals surface area contributed by atoms with E-state index >= 15 is 0 Å². The third-order valence-electron chi connectivity index (χ3n) is 4.23. The van der Waals surface area contributed by atoms with Crippen LogP contribution in [0.15, 0.2) is 23.6 Å². The molecule has 0 aliphatic carbocycles. The number of amides is 2. The van der Waals surface area contributed by atoms with Crippen LogP contribution in [0.4, 0.5) is 5.69 Å². The molecule has 6 nitrogen and oxygen atoms in total. The topological polar surface area (TPSA) is 74.3 Å². The van der Waals surface area contributed by atoms with Gasteiger partial charge in [0.1, 0.15) is 5.01 Å². The van der Waals surface area contributed by atoms with Gasteiger partial charge in [0.15, 0.2) is 0 Å². The molecule has 2 amide bonds. The monoisotopic (exact) mass is 402 g/mol. The van der Waals surface area contributed by atoms with Crippen LogP contribution in [0.2, 0.25) is 0 Å². The van der Waals surface area contributed by atoms with Gasteiger partial charge >= 0.3 is 0 Å². The van der Waals surface area contributed by atoms with Crippen molar-refractivity contribution < 1.29 is 9.59 Å². The fourth-order valence-electron chi connectivity index (χ4n) is 2.78. The number of thiazole rings is 1. The van der Waals surface area contributed by atoms with Gasteiger partial charge < -0.3 is 10.6 Å². The van der Waals surface area contributed by atoms with Crippen LogP contribution in [0.5, 0.6) is 0 Å². The number of hydrogen-bond donors (Lipinski definition) is 2. The highest BCUT2D eigenvalue weighted by atomic mass is 32.1. The van der Waals surface area contributed by atoms with E-state index in [1.807, 2.05) is 63.1 Å². The maximum Gasteiger partial charge on any atom is 0.234 e. The Labute approximate surface area is 171 Å². The van der Waals surface area contributed by atoms with Gasteiger partial charge in [-0.05, 0) is 51.4 Å². The van der Waals surface area contributed by atoms with Gasteiger partial charge in [-0.1, -0.05) is 19.1 Å². The molecular formula is C21H30N4O2S. The Morgan fingerprint density at radius 3 is 2.64 bits per heavy atom. The van der Waals surface area contributed by atoms with Gasteiger partial charge in [0.05, 0.1) is 18.7 Å². The van der Waals surface area contributed by atoms with Gasteiger partial charge in [-0.25, -0.2) is 4.98 Å². The molecule has 0 aliphatic rings. The molecule has 0 unspecified atom stereocenters. The van der Waals surface area contributed by atoms with E-state index in [-0.39, 0.29) is 24.3 Å². The molecule has 0 saturated carbocycles. The minimum absolute atomic E-state index is 0.0141. The molecule has 0 atom stereocenters. The number of anilines is 1. The Kier molecular flexibility index (Phi) is 8.14. The molecule has 1 aromatic heterocycles. The maximum atomic E-state index is 12.4. The number of nitrogens with zero attached hydrogens (tertiary/aromatic N) is 2. The number of carbonyl (C=O) groups is 2. The van der Waals surface area contributed by atoms with Gasteiger partial charge in [0.2, 0.25) is 11.8 Å². The van der Waals surface area contributed by atoms with Crippen LogP contribution in [0.3, 0.4) is 0 Å². The van der Waals surface area contributed by atoms with Crippen molar-refractivity contribution in [3.63, 3.8) is 0 Å². The van der Waals surface area contributed by atoms with Crippen LogP contribution in [0.25, 0.3) is 0 Å². The standard InChI is InChI=1S/C21H30N4O2S/c1-6-25(12-20(27)22-14(2)3)11-17-13-28-21(23-17)10-19(26)24-18-9-15(4)7-8-16(18)5/h7-9,13-14H,6,10-12H2,1-5H3,(H,22,27)(H,24,26). The summed E-state index contributed by atoms with van der Waals surface area (Å²) >= 11 is 1.48. The number of rotatable bonds is 9. The summed E-state index contributed by atoms with van der Waals surface area (Å²) in [7, 11) is 0. The van der Waals surface area contributed by atoms with E-state index in [1.165, 1.54) is 11.3 Å². The summed E-state index contributed by atoms with van der Waals surface area (Å²) in [4.78, 5) is 30.9. The largest absolute Gasteiger partial charge is 0.353 e. The average Bonchev–Trinajstić information content (AvgIpc) is 3.03. The second kappa shape index (κ2) is 10.3. The van der Waals surface area contributed by atoms with Crippen molar-refractivity contribution in [3.8, 4) is 0 Å². The minimum Gasteiger partial charge on any atom is -0.353 e. The highest BCUT2D eigenvalue weighted by Crippen LogP contribution is 2.18. The lowest BCUT2D eigenvalue weighted by Crippen LogP contribution is -2.39. The van der Waals surface area contributed by atoms with Crippen LogP contribution in [-0.2, 0) is 22.6 Å². The Morgan fingerprint density at radius 1 is 1.21 bits per heavy atom. The van der Waals surface area contributed by atoms with E-state index in [0.717, 1.165) is 34.1 Å². The average molecular weight is 403 g/mol. The molecule has 2 N–H and O–H groups in total. The molecule has 0 bridgehead atoms. The summed E-state index contributed by atoms with van der Waals surface area (Å²) in [6.45, 7) is 11.6. The summed E-state index contributed by atoms with van der Waals surface area (Å²) in [6, 6.07) is 6.13. The van der Waals surface area contributed by atoms with Crippen LogP contribution < -0.4 is 10.6 Å². The second-order valence-electron chi connectivity index (χ2n) is 7.30. The first-order chi connectivity index (χ1) is 13.3. The molecule has 0 aliphatic heterocycles. The lowest BCUT2D eigenvalue weighted by Gasteiger charge is -2.19. The van der Waals surface area contributed by atoms with E-state index in [4.69, 9.17) is 0 Å². The van der Waals surface area contributed by atoms with Crippen LogP contribution in [-0.4, -0.2) is 40.8 Å². The molecule has 2 rings (SSSR count). The first kappa shape index (κ1) is 22.0. The predicted molar refractivity (Wildman–Crippen MR) is 115 cm³/mol. The maximum absolute atomic E-state index is 12.4. The third kappa shape index (κ3) is 7.05. The molecule has 1 heterocycles. The van der Waals surface area contributed by atoms with Gasteiger partial charge in [0.25, 0.3) is 0 Å². The Morgan fingerprint density at radius 2 is 1.96 bits per heavy atom. The first-order valence-electron chi connectivity index (χ1n) is 9.59. The van der Waals surface area contributed by atoms with E-state index < -0.39 is 0 Å². The van der Waals surface area contributed by atoms with Gasteiger partial charge in [-0.3, -0.25) is 14.5 Å².